The minimum absolute atomic E-state index is 0.318. The van der Waals surface area contributed by atoms with Gasteiger partial charge < -0.3 is 10.1 Å². The fourth-order valence-corrected chi connectivity index (χ4v) is 1.76. The van der Waals surface area contributed by atoms with Crippen LogP contribution in [0.5, 0.6) is 0 Å². The lowest BCUT2D eigenvalue weighted by Crippen LogP contribution is -2.42. The third kappa shape index (κ3) is 7.86. The largest absolute Gasteiger partial charge is 0.462 e. The molecule has 5 heteroatoms. The zero-order valence-corrected chi connectivity index (χ0v) is 12.6. The van der Waals surface area contributed by atoms with Crippen LogP contribution in [0.3, 0.4) is 0 Å². The van der Waals surface area contributed by atoms with Crippen LogP contribution in [0, 0.1) is 0 Å². The van der Waals surface area contributed by atoms with E-state index in [1.807, 2.05) is 33.2 Å². The minimum atomic E-state index is -0.318. The Morgan fingerprint density at radius 3 is 2.35 bits per heavy atom. The maximum atomic E-state index is 9.60. The van der Waals surface area contributed by atoms with Gasteiger partial charge in [0.2, 0.25) is 0 Å². The molecule has 0 unspecified atom stereocenters. The summed E-state index contributed by atoms with van der Waals surface area (Å²) in [7, 11) is 0. The number of hydrogen-bond donors (Lipinski definition) is 1. The standard InChI is InChI=1S/C10H15N3.C5H10O2/c1-3-11-4-2-10(1)9-13-7-5-12-6-8-13;1-5(2,3)7-4-6/h1-4,12H,5-9H2;4H,1-3H3. The molecule has 5 nitrogen and oxygen atoms in total. The van der Waals surface area contributed by atoms with Crippen molar-refractivity contribution in [2.75, 3.05) is 26.2 Å². The first-order chi connectivity index (χ1) is 9.51. The van der Waals surface area contributed by atoms with Gasteiger partial charge in [0.1, 0.15) is 5.60 Å². The van der Waals surface area contributed by atoms with Gasteiger partial charge in [-0.25, -0.2) is 0 Å². The molecule has 112 valence electrons. The van der Waals surface area contributed by atoms with Crippen molar-refractivity contribution in [3.05, 3.63) is 30.1 Å². The van der Waals surface area contributed by atoms with E-state index in [1.165, 1.54) is 5.56 Å². The molecule has 1 N–H and O–H groups in total. The summed E-state index contributed by atoms with van der Waals surface area (Å²) in [5.74, 6) is 0. The van der Waals surface area contributed by atoms with Gasteiger partial charge in [-0.05, 0) is 38.5 Å². The molecule has 1 aliphatic heterocycles. The molecule has 0 aromatic carbocycles. The molecule has 0 saturated carbocycles. The number of nitrogens with zero attached hydrogens (tertiary/aromatic N) is 2. The Morgan fingerprint density at radius 2 is 1.90 bits per heavy atom. The third-order valence-electron chi connectivity index (χ3n) is 2.77. The van der Waals surface area contributed by atoms with Gasteiger partial charge in [0.15, 0.2) is 0 Å². The second-order valence-corrected chi connectivity index (χ2v) is 5.71. The highest BCUT2D eigenvalue weighted by Gasteiger charge is 2.09. The van der Waals surface area contributed by atoms with Gasteiger partial charge >= 0.3 is 0 Å². The SMILES string of the molecule is CC(C)(C)OC=O.c1cc(CN2CCNCC2)ccn1. The highest BCUT2D eigenvalue weighted by atomic mass is 16.5. The van der Waals surface area contributed by atoms with E-state index in [9.17, 15) is 4.79 Å². The number of aromatic nitrogens is 1. The molecule has 20 heavy (non-hydrogen) atoms. The van der Waals surface area contributed by atoms with Crippen LogP contribution >= 0.6 is 0 Å². The molecule has 0 spiro atoms. The van der Waals surface area contributed by atoms with Crippen LogP contribution < -0.4 is 5.32 Å². The summed E-state index contributed by atoms with van der Waals surface area (Å²) in [5.41, 5.74) is 1.04. The second-order valence-electron chi connectivity index (χ2n) is 5.71. The van der Waals surface area contributed by atoms with E-state index in [0.29, 0.717) is 6.47 Å². The van der Waals surface area contributed by atoms with E-state index < -0.39 is 0 Å². The first kappa shape index (κ1) is 16.6. The summed E-state index contributed by atoms with van der Waals surface area (Å²) >= 11 is 0. The van der Waals surface area contributed by atoms with Crippen molar-refractivity contribution >= 4 is 6.47 Å². The molecule has 1 aromatic heterocycles. The minimum Gasteiger partial charge on any atom is -0.462 e. The summed E-state index contributed by atoms with van der Waals surface area (Å²) in [6.07, 6.45) is 3.72. The molecule has 0 bridgehead atoms. The Hall–Kier alpha value is -1.46. The molecule has 1 aromatic rings. The predicted octanol–water partition coefficient (Wildman–Crippen LogP) is 1.44. The fraction of sp³-hybridized carbons (Fsp3) is 0.600. The Morgan fingerprint density at radius 1 is 1.30 bits per heavy atom. The van der Waals surface area contributed by atoms with Crippen molar-refractivity contribution < 1.29 is 9.53 Å². The molecule has 1 aliphatic rings. The fourth-order valence-electron chi connectivity index (χ4n) is 1.76. The van der Waals surface area contributed by atoms with Gasteiger partial charge in [0.25, 0.3) is 6.47 Å². The lowest BCUT2D eigenvalue weighted by molar-refractivity contribution is -0.138. The highest BCUT2D eigenvalue weighted by molar-refractivity contribution is 5.37. The van der Waals surface area contributed by atoms with Crippen molar-refractivity contribution in [3.63, 3.8) is 0 Å². The maximum Gasteiger partial charge on any atom is 0.293 e. The molecule has 0 radical (unpaired) electrons. The zero-order chi connectivity index (χ0) is 14.8. The quantitative estimate of drug-likeness (QED) is 0.849. The number of ether oxygens (including phenoxy) is 1. The van der Waals surface area contributed by atoms with Crippen molar-refractivity contribution in [2.24, 2.45) is 0 Å². The van der Waals surface area contributed by atoms with Gasteiger partial charge in [-0.15, -0.1) is 0 Å². The van der Waals surface area contributed by atoms with Gasteiger partial charge in [-0.1, -0.05) is 0 Å². The van der Waals surface area contributed by atoms with Crippen LogP contribution in [0.2, 0.25) is 0 Å². The second kappa shape index (κ2) is 8.66. The Labute approximate surface area is 121 Å². The Bertz CT molecular complexity index is 370. The summed E-state index contributed by atoms with van der Waals surface area (Å²) in [4.78, 5) is 16.1. The van der Waals surface area contributed by atoms with Crippen LogP contribution in [0.4, 0.5) is 0 Å². The molecule has 0 aliphatic carbocycles. The summed E-state index contributed by atoms with van der Waals surface area (Å²) < 4.78 is 4.55. The smallest absolute Gasteiger partial charge is 0.293 e. The van der Waals surface area contributed by atoms with Crippen LogP contribution in [0.1, 0.15) is 26.3 Å². The molecule has 0 atom stereocenters. The van der Waals surface area contributed by atoms with E-state index in [4.69, 9.17) is 0 Å². The lowest BCUT2D eigenvalue weighted by atomic mass is 10.2. The highest BCUT2D eigenvalue weighted by Crippen LogP contribution is 2.03. The van der Waals surface area contributed by atoms with Crippen molar-refractivity contribution in [3.8, 4) is 0 Å². The van der Waals surface area contributed by atoms with Crippen LogP contribution in [-0.2, 0) is 16.1 Å². The lowest BCUT2D eigenvalue weighted by Gasteiger charge is -2.27. The first-order valence-electron chi connectivity index (χ1n) is 6.95. The van der Waals surface area contributed by atoms with E-state index >= 15 is 0 Å². The van der Waals surface area contributed by atoms with Gasteiger partial charge in [-0.3, -0.25) is 14.7 Å². The first-order valence-corrected chi connectivity index (χ1v) is 6.95. The third-order valence-corrected chi connectivity index (χ3v) is 2.77. The average Bonchev–Trinajstić information content (AvgIpc) is 2.40. The number of rotatable bonds is 3. The zero-order valence-electron chi connectivity index (χ0n) is 12.6. The number of piperazine rings is 1. The summed E-state index contributed by atoms with van der Waals surface area (Å²) in [6.45, 7) is 11.5. The topological polar surface area (TPSA) is 54.5 Å². The molecule has 2 rings (SSSR count). The van der Waals surface area contributed by atoms with Crippen LogP contribution in [0.25, 0.3) is 0 Å². The van der Waals surface area contributed by atoms with Gasteiger partial charge in [-0.2, -0.15) is 0 Å². The van der Waals surface area contributed by atoms with E-state index in [2.05, 4.69) is 32.1 Å². The summed E-state index contributed by atoms with van der Waals surface area (Å²) in [5, 5.41) is 3.35. The number of pyridine rings is 1. The van der Waals surface area contributed by atoms with Crippen LogP contribution in [-0.4, -0.2) is 48.1 Å². The predicted molar refractivity (Wildman–Crippen MR) is 79.3 cm³/mol. The van der Waals surface area contributed by atoms with E-state index in [-0.39, 0.29) is 5.60 Å². The molecule has 0 amide bonds. The molecular formula is C15H25N3O2. The Balaban J connectivity index is 0.000000246. The molecular weight excluding hydrogens is 254 g/mol. The van der Waals surface area contributed by atoms with E-state index in [0.717, 1.165) is 32.7 Å². The van der Waals surface area contributed by atoms with Crippen molar-refractivity contribution in [1.82, 2.24) is 15.2 Å². The monoisotopic (exact) mass is 279 g/mol. The van der Waals surface area contributed by atoms with Crippen molar-refractivity contribution in [2.45, 2.75) is 32.9 Å². The normalized spacial score (nSPS) is 15.9. The van der Waals surface area contributed by atoms with E-state index in [1.54, 1.807) is 0 Å². The molecule has 1 fully saturated rings. The summed E-state index contributed by atoms with van der Waals surface area (Å²) in [6, 6.07) is 4.17. The number of carbonyl (C=O) groups is 1. The van der Waals surface area contributed by atoms with Crippen LogP contribution in [0.15, 0.2) is 24.5 Å². The maximum absolute atomic E-state index is 9.60. The van der Waals surface area contributed by atoms with Gasteiger partial charge in [0.05, 0.1) is 0 Å². The van der Waals surface area contributed by atoms with Crippen molar-refractivity contribution in [1.29, 1.82) is 0 Å². The Kier molecular flexibility index (Phi) is 7.18. The number of carbonyl (C=O) groups excluding carboxylic acids is 1. The molecule has 2 heterocycles. The van der Waals surface area contributed by atoms with Gasteiger partial charge in [0, 0.05) is 45.1 Å². The number of nitrogens with one attached hydrogen (secondary N) is 1. The average molecular weight is 279 g/mol. The molecule has 1 saturated heterocycles. The number of hydrogen-bond acceptors (Lipinski definition) is 5.